The van der Waals surface area contributed by atoms with Gasteiger partial charge in [0.2, 0.25) is 5.79 Å². The summed E-state index contributed by atoms with van der Waals surface area (Å²) in [4.78, 5) is 12.6. The lowest BCUT2D eigenvalue weighted by Crippen LogP contribution is -2.65. The first kappa shape index (κ1) is 42.3. The summed E-state index contributed by atoms with van der Waals surface area (Å²) >= 11 is 0. The highest BCUT2D eigenvalue weighted by Gasteiger charge is 2.57. The molecule has 0 heterocycles. The maximum Gasteiger partial charge on any atom is 0.255 e. The zero-order valence-corrected chi connectivity index (χ0v) is 29.3. The number of carbonyl (C=O) groups excluding carboxylic acids is 1. The number of hydrogen-bond acceptors (Lipinski definition) is 5. The fraction of sp³-hybridized carbons (Fsp3) is 0.973. The monoisotopic (exact) mass is 614 g/mol. The first-order valence-corrected chi connectivity index (χ1v) is 18.8. The molecule has 258 valence electrons. The molecule has 0 saturated heterocycles. The van der Waals surface area contributed by atoms with Gasteiger partial charge in [-0.05, 0) is 26.2 Å². The number of nitrogens with two attached hydrogens (primary N) is 1. The number of ether oxygens (including phenoxy) is 2. The van der Waals surface area contributed by atoms with E-state index in [-0.39, 0.29) is 6.42 Å². The van der Waals surface area contributed by atoms with Crippen molar-refractivity contribution in [2.24, 2.45) is 5.73 Å². The third kappa shape index (κ3) is 20.9. The average molecular weight is 614 g/mol. The predicted molar refractivity (Wildman–Crippen MR) is 182 cm³/mol. The number of aliphatic hydroxyl groups excluding tert-OH is 1. The van der Waals surface area contributed by atoms with Crippen molar-refractivity contribution >= 4 is 5.91 Å². The molecular formula is C37H75NO5. The van der Waals surface area contributed by atoms with E-state index in [2.05, 4.69) is 13.8 Å². The first-order valence-electron chi connectivity index (χ1n) is 18.8. The summed E-state index contributed by atoms with van der Waals surface area (Å²) in [5.74, 6) is -2.49. The highest BCUT2D eigenvalue weighted by atomic mass is 16.8. The number of rotatable bonds is 34. The number of primary amides is 1. The van der Waals surface area contributed by atoms with Crippen molar-refractivity contribution in [3.8, 4) is 0 Å². The van der Waals surface area contributed by atoms with E-state index in [9.17, 15) is 15.0 Å². The summed E-state index contributed by atoms with van der Waals surface area (Å²) in [7, 11) is 0. The molecule has 0 aliphatic rings. The van der Waals surface area contributed by atoms with Crippen LogP contribution in [0.25, 0.3) is 0 Å². The molecule has 0 radical (unpaired) electrons. The van der Waals surface area contributed by atoms with E-state index in [0.29, 0.717) is 19.4 Å². The van der Waals surface area contributed by atoms with Crippen LogP contribution in [-0.4, -0.2) is 40.4 Å². The largest absolute Gasteiger partial charge is 0.375 e. The minimum absolute atomic E-state index is 0.131. The van der Waals surface area contributed by atoms with Gasteiger partial charge in [0.05, 0.1) is 6.61 Å². The highest BCUT2D eigenvalue weighted by Crippen LogP contribution is 2.38. The van der Waals surface area contributed by atoms with Crippen LogP contribution in [0.2, 0.25) is 0 Å². The van der Waals surface area contributed by atoms with E-state index in [4.69, 9.17) is 15.2 Å². The fourth-order valence-electron chi connectivity index (χ4n) is 6.28. The van der Waals surface area contributed by atoms with Crippen LogP contribution in [-0.2, 0) is 14.3 Å². The van der Waals surface area contributed by atoms with E-state index >= 15 is 0 Å². The number of unbranched alkanes of at least 4 members (excludes halogenated alkanes) is 23. The smallest absolute Gasteiger partial charge is 0.255 e. The quantitative estimate of drug-likeness (QED) is 0.0495. The van der Waals surface area contributed by atoms with E-state index in [1.54, 1.807) is 0 Å². The second kappa shape index (κ2) is 28.8. The standard InChI is InChI=1S/C37H75NO5/c1-5-8-10-12-14-16-18-19-20-22-24-26-28-30-33-42-37(43-34(4)39,36(41,31-7-3)35(38)40)32-29-27-25-23-21-17-15-13-11-9-6-2/h34,39,41H,5-33H2,1-4H3,(H2,38,40). The molecule has 3 atom stereocenters. The van der Waals surface area contributed by atoms with Gasteiger partial charge in [0, 0.05) is 6.42 Å². The average Bonchev–Trinajstić information content (AvgIpc) is 2.97. The highest BCUT2D eigenvalue weighted by molar-refractivity contribution is 5.84. The molecule has 0 bridgehead atoms. The van der Waals surface area contributed by atoms with Gasteiger partial charge in [-0.2, -0.15) is 0 Å². The normalized spacial score (nSPS) is 15.3. The predicted octanol–water partition coefficient (Wildman–Crippen LogP) is 10.3. The summed E-state index contributed by atoms with van der Waals surface area (Å²) in [6.45, 7) is 8.28. The van der Waals surface area contributed by atoms with Crippen LogP contribution in [0.15, 0.2) is 0 Å². The van der Waals surface area contributed by atoms with Gasteiger partial charge in [-0.25, -0.2) is 0 Å². The molecule has 0 aromatic heterocycles. The minimum atomic E-state index is -1.99. The Morgan fingerprint density at radius 3 is 1.26 bits per heavy atom. The van der Waals surface area contributed by atoms with E-state index in [1.165, 1.54) is 129 Å². The van der Waals surface area contributed by atoms with Gasteiger partial charge in [-0.3, -0.25) is 4.79 Å². The summed E-state index contributed by atoms with van der Waals surface area (Å²) in [6.07, 6.45) is 30.8. The van der Waals surface area contributed by atoms with Crippen molar-refractivity contribution in [1.29, 1.82) is 0 Å². The van der Waals surface area contributed by atoms with Gasteiger partial charge in [-0.1, -0.05) is 175 Å². The van der Waals surface area contributed by atoms with Crippen molar-refractivity contribution in [2.45, 2.75) is 225 Å². The Kier molecular flexibility index (Phi) is 28.3. The maximum atomic E-state index is 12.6. The molecule has 1 amide bonds. The van der Waals surface area contributed by atoms with Gasteiger partial charge in [0.1, 0.15) is 0 Å². The molecule has 43 heavy (non-hydrogen) atoms. The summed E-state index contributed by atoms with van der Waals surface area (Å²) in [5.41, 5.74) is 3.78. The lowest BCUT2D eigenvalue weighted by atomic mass is 9.83. The van der Waals surface area contributed by atoms with Gasteiger partial charge in [0.15, 0.2) is 11.9 Å². The van der Waals surface area contributed by atoms with Crippen LogP contribution in [0.1, 0.15) is 207 Å². The van der Waals surface area contributed by atoms with E-state index in [1.807, 2.05) is 6.92 Å². The third-order valence-electron chi connectivity index (χ3n) is 8.95. The first-order chi connectivity index (χ1) is 20.8. The van der Waals surface area contributed by atoms with Crippen LogP contribution in [0, 0.1) is 0 Å². The molecule has 6 nitrogen and oxygen atoms in total. The Labute approximate surface area is 267 Å². The minimum Gasteiger partial charge on any atom is -0.375 e. The lowest BCUT2D eigenvalue weighted by molar-refractivity contribution is -0.354. The molecule has 0 aliphatic heterocycles. The SMILES string of the molecule is CCCCCCCCCCCCCCCCOC(CCCCCCCCCCCCC)(OC(C)O)C(O)(CCC)C(N)=O. The molecule has 4 N–H and O–H groups in total. The summed E-state index contributed by atoms with van der Waals surface area (Å²) in [5, 5.41) is 21.8. The Hall–Kier alpha value is -0.690. The van der Waals surface area contributed by atoms with Gasteiger partial charge < -0.3 is 25.4 Å². The van der Waals surface area contributed by atoms with E-state index < -0.39 is 23.6 Å². The van der Waals surface area contributed by atoms with Crippen LogP contribution >= 0.6 is 0 Å². The van der Waals surface area contributed by atoms with E-state index in [0.717, 1.165) is 38.5 Å². The molecule has 0 spiro atoms. The second-order valence-electron chi connectivity index (χ2n) is 13.2. The Morgan fingerprint density at radius 1 is 0.581 bits per heavy atom. The van der Waals surface area contributed by atoms with Crippen LogP contribution in [0.4, 0.5) is 0 Å². The maximum absolute atomic E-state index is 12.6. The molecule has 0 saturated carbocycles. The van der Waals surface area contributed by atoms with Crippen molar-refractivity contribution in [2.75, 3.05) is 6.61 Å². The second-order valence-corrected chi connectivity index (χ2v) is 13.2. The Morgan fingerprint density at radius 2 is 0.930 bits per heavy atom. The molecule has 6 heteroatoms. The molecule has 0 aromatic carbocycles. The zero-order chi connectivity index (χ0) is 32.1. The number of hydrogen-bond donors (Lipinski definition) is 3. The van der Waals surface area contributed by atoms with Crippen LogP contribution < -0.4 is 5.73 Å². The van der Waals surface area contributed by atoms with Crippen molar-refractivity contribution in [3.63, 3.8) is 0 Å². The molecule has 3 unspecified atom stereocenters. The fourth-order valence-corrected chi connectivity index (χ4v) is 6.28. The molecule has 0 aromatic rings. The topological polar surface area (TPSA) is 102 Å². The van der Waals surface area contributed by atoms with Crippen molar-refractivity contribution in [1.82, 2.24) is 0 Å². The number of aliphatic hydroxyl groups is 2. The van der Waals surface area contributed by atoms with Crippen LogP contribution in [0.3, 0.4) is 0 Å². The number of amides is 1. The third-order valence-corrected chi connectivity index (χ3v) is 8.95. The van der Waals surface area contributed by atoms with Crippen molar-refractivity contribution in [3.05, 3.63) is 0 Å². The molecule has 0 fully saturated rings. The number of carbonyl (C=O) groups is 1. The van der Waals surface area contributed by atoms with Crippen LogP contribution in [0.5, 0.6) is 0 Å². The molecule has 0 rings (SSSR count). The zero-order valence-electron chi connectivity index (χ0n) is 29.3. The Balaban J connectivity index is 4.62. The van der Waals surface area contributed by atoms with Gasteiger partial charge in [0.25, 0.3) is 5.91 Å². The Bertz CT molecular complexity index is 616. The lowest BCUT2D eigenvalue weighted by Gasteiger charge is -2.45. The molecular weight excluding hydrogens is 538 g/mol. The van der Waals surface area contributed by atoms with Gasteiger partial charge in [-0.15, -0.1) is 0 Å². The summed E-state index contributed by atoms with van der Waals surface area (Å²) in [6, 6.07) is 0. The summed E-state index contributed by atoms with van der Waals surface area (Å²) < 4.78 is 12.2. The van der Waals surface area contributed by atoms with Gasteiger partial charge >= 0.3 is 0 Å². The molecule has 0 aliphatic carbocycles. The van der Waals surface area contributed by atoms with Crippen molar-refractivity contribution < 1.29 is 24.5 Å².